The third kappa shape index (κ3) is 6.29. The molecule has 0 saturated carbocycles. The zero-order valence-corrected chi connectivity index (χ0v) is 22.0. The standard InChI is InChI=1S/C27H25ClN4O7/c1-18-22(9-6-10-24(18)36-2)31(35)26(33)39-27(34)32(37-3)23-8-5-4-7-19(23)17-38-25-15-16-30(29-25)21-13-11-20(28)12-14-21/h4-16,35H,17H2,1-3H3. The molecule has 4 aromatic rings. The number of aromatic nitrogens is 2. The Morgan fingerprint density at radius 3 is 2.38 bits per heavy atom. The van der Waals surface area contributed by atoms with Gasteiger partial charge >= 0.3 is 12.2 Å². The maximum atomic E-state index is 12.9. The number of para-hydroxylation sites is 1. The third-order valence-electron chi connectivity index (χ3n) is 5.64. The number of rotatable bonds is 8. The van der Waals surface area contributed by atoms with Gasteiger partial charge < -0.3 is 14.2 Å². The fraction of sp³-hybridized carbons (Fsp3) is 0.148. The van der Waals surface area contributed by atoms with Crippen LogP contribution in [0.25, 0.3) is 5.69 Å². The largest absolute Gasteiger partial charge is 0.496 e. The molecule has 0 spiro atoms. The highest BCUT2D eigenvalue weighted by atomic mass is 35.5. The van der Waals surface area contributed by atoms with Crippen LogP contribution in [0.15, 0.2) is 79.0 Å². The number of nitrogens with zero attached hydrogens (tertiary/aromatic N) is 4. The van der Waals surface area contributed by atoms with Crippen LogP contribution < -0.4 is 19.6 Å². The monoisotopic (exact) mass is 552 g/mol. The van der Waals surface area contributed by atoms with Crippen LogP contribution in [-0.4, -0.2) is 41.4 Å². The summed E-state index contributed by atoms with van der Waals surface area (Å²) in [5.74, 6) is 0.780. The Hall–Kier alpha value is -4.58. The first kappa shape index (κ1) is 27.5. The molecule has 0 saturated heterocycles. The molecule has 1 aromatic heterocycles. The van der Waals surface area contributed by atoms with Crippen molar-refractivity contribution in [3.05, 3.63) is 95.1 Å². The molecule has 0 bridgehead atoms. The van der Waals surface area contributed by atoms with Crippen molar-refractivity contribution in [3.63, 3.8) is 0 Å². The minimum absolute atomic E-state index is 0.0179. The lowest BCUT2D eigenvalue weighted by Gasteiger charge is -2.23. The Balaban J connectivity index is 1.45. The molecular weight excluding hydrogens is 528 g/mol. The van der Waals surface area contributed by atoms with Crippen molar-refractivity contribution < 1.29 is 33.8 Å². The zero-order valence-electron chi connectivity index (χ0n) is 21.3. The number of methoxy groups -OCH3 is 1. The van der Waals surface area contributed by atoms with Crippen LogP contribution in [0.2, 0.25) is 5.02 Å². The van der Waals surface area contributed by atoms with Gasteiger partial charge in [0.2, 0.25) is 5.88 Å². The van der Waals surface area contributed by atoms with Crippen molar-refractivity contribution in [1.29, 1.82) is 0 Å². The van der Waals surface area contributed by atoms with Gasteiger partial charge in [-0.1, -0.05) is 35.9 Å². The molecule has 202 valence electrons. The van der Waals surface area contributed by atoms with Gasteiger partial charge in [0.15, 0.2) is 0 Å². The van der Waals surface area contributed by atoms with E-state index in [-0.39, 0.29) is 23.0 Å². The lowest BCUT2D eigenvalue weighted by atomic mass is 10.2. The molecule has 1 N–H and O–H groups in total. The summed E-state index contributed by atoms with van der Waals surface area (Å²) in [5, 5.41) is 16.4. The van der Waals surface area contributed by atoms with E-state index in [1.165, 1.54) is 20.3 Å². The van der Waals surface area contributed by atoms with Crippen molar-refractivity contribution in [2.75, 3.05) is 24.3 Å². The van der Waals surface area contributed by atoms with Crippen LogP contribution in [0.5, 0.6) is 11.6 Å². The summed E-state index contributed by atoms with van der Waals surface area (Å²) in [5.41, 5.74) is 2.15. The second-order valence-electron chi connectivity index (χ2n) is 8.02. The van der Waals surface area contributed by atoms with E-state index in [1.807, 2.05) is 12.1 Å². The fourth-order valence-corrected chi connectivity index (χ4v) is 3.81. The van der Waals surface area contributed by atoms with E-state index in [0.29, 0.717) is 27.8 Å². The average Bonchev–Trinajstić information content (AvgIpc) is 3.42. The summed E-state index contributed by atoms with van der Waals surface area (Å²) in [6, 6.07) is 20.3. The van der Waals surface area contributed by atoms with E-state index in [0.717, 1.165) is 10.8 Å². The van der Waals surface area contributed by atoms with E-state index >= 15 is 0 Å². The molecule has 0 fully saturated rings. The summed E-state index contributed by atoms with van der Waals surface area (Å²) < 4.78 is 17.5. The van der Waals surface area contributed by atoms with Crippen LogP contribution in [0.4, 0.5) is 21.0 Å². The molecule has 0 atom stereocenters. The smallest absolute Gasteiger partial charge is 0.447 e. The molecule has 1 heterocycles. The summed E-state index contributed by atoms with van der Waals surface area (Å²) >= 11 is 5.95. The minimum Gasteiger partial charge on any atom is -0.496 e. The number of amides is 2. The Labute approximate surface area is 229 Å². The van der Waals surface area contributed by atoms with Gasteiger partial charge in [-0.3, -0.25) is 10.0 Å². The number of benzene rings is 3. The first-order chi connectivity index (χ1) is 18.8. The van der Waals surface area contributed by atoms with Gasteiger partial charge in [-0.2, -0.15) is 10.1 Å². The summed E-state index contributed by atoms with van der Waals surface area (Å²) in [6.45, 7) is 1.66. The molecule has 2 amide bonds. The van der Waals surface area contributed by atoms with E-state index in [4.69, 9.17) is 30.6 Å². The van der Waals surface area contributed by atoms with Gasteiger partial charge in [0.05, 0.1) is 31.3 Å². The van der Waals surface area contributed by atoms with Crippen LogP contribution in [0, 0.1) is 6.92 Å². The number of ether oxygens (including phenoxy) is 3. The Morgan fingerprint density at radius 1 is 0.949 bits per heavy atom. The molecule has 0 aliphatic heterocycles. The summed E-state index contributed by atoms with van der Waals surface area (Å²) in [6.07, 6.45) is -0.777. The quantitative estimate of drug-likeness (QED) is 0.162. The zero-order chi connectivity index (χ0) is 27.9. The second-order valence-corrected chi connectivity index (χ2v) is 8.46. The number of carbonyl (C=O) groups is 2. The topological polar surface area (TPSA) is 116 Å². The predicted octanol–water partition coefficient (Wildman–Crippen LogP) is 5.94. The molecule has 4 rings (SSSR count). The number of hydroxylamine groups is 2. The van der Waals surface area contributed by atoms with Gasteiger partial charge in [-0.25, -0.2) is 14.3 Å². The lowest BCUT2D eigenvalue weighted by molar-refractivity contribution is 0.102. The van der Waals surface area contributed by atoms with Crippen molar-refractivity contribution in [1.82, 2.24) is 9.78 Å². The van der Waals surface area contributed by atoms with Gasteiger partial charge in [0.25, 0.3) is 0 Å². The van der Waals surface area contributed by atoms with Gasteiger partial charge in [-0.15, -0.1) is 5.10 Å². The Morgan fingerprint density at radius 2 is 1.67 bits per heavy atom. The fourth-order valence-electron chi connectivity index (χ4n) is 3.69. The molecule has 39 heavy (non-hydrogen) atoms. The molecule has 12 heteroatoms. The highest BCUT2D eigenvalue weighted by Gasteiger charge is 2.27. The van der Waals surface area contributed by atoms with Gasteiger partial charge in [-0.05, 0) is 49.4 Å². The molecular formula is C27H25ClN4O7. The molecule has 11 nitrogen and oxygen atoms in total. The van der Waals surface area contributed by atoms with Crippen LogP contribution in [-0.2, 0) is 16.2 Å². The number of hydrogen-bond donors (Lipinski definition) is 1. The maximum Gasteiger partial charge on any atom is 0.447 e. The lowest BCUT2D eigenvalue weighted by Crippen LogP contribution is -2.37. The summed E-state index contributed by atoms with van der Waals surface area (Å²) in [7, 11) is 2.69. The van der Waals surface area contributed by atoms with E-state index in [1.54, 1.807) is 72.4 Å². The molecule has 0 unspecified atom stereocenters. The van der Waals surface area contributed by atoms with Crippen molar-refractivity contribution in [3.8, 4) is 17.3 Å². The molecule has 0 radical (unpaired) electrons. The van der Waals surface area contributed by atoms with Crippen molar-refractivity contribution >= 4 is 35.2 Å². The number of halogens is 1. The second kappa shape index (κ2) is 12.3. The number of carbonyl (C=O) groups excluding carboxylic acids is 2. The third-order valence-corrected chi connectivity index (χ3v) is 5.89. The van der Waals surface area contributed by atoms with Gasteiger partial charge in [0.1, 0.15) is 12.4 Å². The first-order valence-corrected chi connectivity index (χ1v) is 11.9. The van der Waals surface area contributed by atoms with E-state index < -0.39 is 12.2 Å². The molecule has 0 aliphatic carbocycles. The van der Waals surface area contributed by atoms with Crippen LogP contribution in [0.1, 0.15) is 11.1 Å². The van der Waals surface area contributed by atoms with E-state index in [2.05, 4.69) is 5.10 Å². The Kier molecular flexibility index (Phi) is 8.67. The SMILES string of the molecule is COc1cccc(N(O)C(=O)OC(=O)N(OC)c2ccccc2COc2ccn(-c3ccc(Cl)cc3)n2)c1C. The normalized spacial score (nSPS) is 10.6. The van der Waals surface area contributed by atoms with Gasteiger partial charge in [0, 0.05) is 28.4 Å². The molecule has 0 aliphatic rings. The average molecular weight is 553 g/mol. The molecule has 3 aromatic carbocycles. The maximum absolute atomic E-state index is 12.9. The van der Waals surface area contributed by atoms with E-state index in [9.17, 15) is 14.8 Å². The highest BCUT2D eigenvalue weighted by Crippen LogP contribution is 2.28. The minimum atomic E-state index is -1.33. The Bertz CT molecular complexity index is 1460. The predicted molar refractivity (Wildman–Crippen MR) is 143 cm³/mol. The van der Waals surface area contributed by atoms with Crippen molar-refractivity contribution in [2.45, 2.75) is 13.5 Å². The first-order valence-electron chi connectivity index (χ1n) is 11.6. The number of hydrogen-bond acceptors (Lipinski definition) is 8. The summed E-state index contributed by atoms with van der Waals surface area (Å²) in [4.78, 5) is 30.6. The number of anilines is 2. The van der Waals surface area contributed by atoms with Crippen molar-refractivity contribution in [2.24, 2.45) is 0 Å². The highest BCUT2D eigenvalue weighted by molar-refractivity contribution is 6.30. The van der Waals surface area contributed by atoms with Crippen LogP contribution >= 0.6 is 11.6 Å². The van der Waals surface area contributed by atoms with Crippen LogP contribution in [0.3, 0.4) is 0 Å².